The van der Waals surface area contributed by atoms with Crippen LogP contribution in [-0.2, 0) is 6.42 Å². The Bertz CT molecular complexity index is 822. The lowest BCUT2D eigenvalue weighted by molar-refractivity contribution is 0.452. The Labute approximate surface area is 128 Å². The number of hydrogen-bond acceptors (Lipinski definition) is 4. The van der Waals surface area contributed by atoms with E-state index in [1.165, 1.54) is 17.4 Å². The van der Waals surface area contributed by atoms with Gasteiger partial charge in [0.05, 0.1) is 5.39 Å². The van der Waals surface area contributed by atoms with Crippen molar-refractivity contribution < 1.29 is 13.5 Å². The first-order valence-corrected chi connectivity index (χ1v) is 7.35. The van der Waals surface area contributed by atoms with Crippen molar-refractivity contribution in [1.29, 1.82) is 0 Å². The molecule has 0 radical (unpaired) electrons. The molecule has 3 rings (SSSR count). The van der Waals surface area contributed by atoms with Crippen molar-refractivity contribution >= 4 is 33.2 Å². The van der Waals surface area contributed by atoms with Crippen LogP contribution in [0.3, 0.4) is 0 Å². The Morgan fingerprint density at radius 3 is 2.71 bits per heavy atom. The first-order valence-electron chi connectivity index (χ1n) is 6.15. The third-order valence-corrected chi connectivity index (χ3v) is 4.18. The molecule has 2 aromatic heterocycles. The first kappa shape index (κ1) is 14.2. The van der Waals surface area contributed by atoms with E-state index in [9.17, 15) is 8.78 Å². The molecule has 3 nitrogen and oxygen atoms in total. The van der Waals surface area contributed by atoms with Gasteiger partial charge in [0.25, 0.3) is 0 Å². The second-order valence-corrected chi connectivity index (χ2v) is 5.71. The number of halogens is 3. The molecule has 0 saturated carbocycles. The summed E-state index contributed by atoms with van der Waals surface area (Å²) in [4.78, 5) is 9.96. The van der Waals surface area contributed by atoms with Crippen LogP contribution in [0.4, 0.5) is 8.78 Å². The minimum absolute atomic E-state index is 0.0459. The van der Waals surface area contributed by atoms with Crippen molar-refractivity contribution in [2.45, 2.75) is 13.3 Å². The summed E-state index contributed by atoms with van der Waals surface area (Å²) in [5, 5.41) is 0.746. The van der Waals surface area contributed by atoms with Gasteiger partial charge in [-0.25, -0.2) is 13.8 Å². The zero-order valence-electron chi connectivity index (χ0n) is 10.9. The molecule has 7 heteroatoms. The Morgan fingerprint density at radius 2 is 2.00 bits per heavy atom. The van der Waals surface area contributed by atoms with Gasteiger partial charge in [-0.15, -0.1) is 11.3 Å². The number of fused-ring (bicyclic) bond motifs is 1. The lowest BCUT2D eigenvalue weighted by atomic mass is 10.3. The van der Waals surface area contributed by atoms with E-state index in [2.05, 4.69) is 9.97 Å². The minimum atomic E-state index is -0.983. The second kappa shape index (κ2) is 5.54. The van der Waals surface area contributed by atoms with Crippen molar-refractivity contribution in [2.75, 3.05) is 0 Å². The van der Waals surface area contributed by atoms with Gasteiger partial charge in [-0.05, 0) is 36.2 Å². The molecule has 1 aromatic carbocycles. The molecule has 0 amide bonds. The Hall–Kier alpha value is -1.79. The van der Waals surface area contributed by atoms with E-state index in [1.54, 1.807) is 0 Å². The summed E-state index contributed by atoms with van der Waals surface area (Å²) in [7, 11) is 0. The normalized spacial score (nSPS) is 11.0. The predicted molar refractivity (Wildman–Crippen MR) is 78.2 cm³/mol. The summed E-state index contributed by atoms with van der Waals surface area (Å²) >= 11 is 7.36. The van der Waals surface area contributed by atoms with Crippen LogP contribution in [0.5, 0.6) is 11.6 Å². The number of hydrogen-bond donors (Lipinski definition) is 0. The van der Waals surface area contributed by atoms with Crippen LogP contribution in [0.2, 0.25) is 5.28 Å². The van der Waals surface area contributed by atoms with Crippen molar-refractivity contribution in [3.8, 4) is 11.6 Å². The fourth-order valence-corrected chi connectivity index (χ4v) is 2.99. The Kier molecular flexibility index (Phi) is 3.73. The highest BCUT2D eigenvalue weighted by atomic mass is 35.5. The number of nitrogens with zero attached hydrogens (tertiary/aromatic N) is 2. The zero-order chi connectivity index (χ0) is 15.0. The van der Waals surface area contributed by atoms with Crippen LogP contribution in [0, 0.1) is 11.6 Å². The molecule has 2 heterocycles. The van der Waals surface area contributed by atoms with Crippen molar-refractivity contribution in [3.63, 3.8) is 0 Å². The van der Waals surface area contributed by atoms with E-state index in [0.29, 0.717) is 10.2 Å². The lowest BCUT2D eigenvalue weighted by Crippen LogP contribution is -1.92. The van der Waals surface area contributed by atoms with E-state index in [-0.39, 0.29) is 16.9 Å². The molecule has 3 aromatic rings. The number of thiophene rings is 1. The van der Waals surface area contributed by atoms with E-state index in [0.717, 1.165) is 23.4 Å². The number of aromatic nitrogens is 2. The Balaban J connectivity index is 2.06. The van der Waals surface area contributed by atoms with Crippen LogP contribution in [0.25, 0.3) is 10.2 Å². The van der Waals surface area contributed by atoms with E-state index in [4.69, 9.17) is 16.3 Å². The van der Waals surface area contributed by atoms with E-state index in [1.807, 2.05) is 13.0 Å². The quantitative estimate of drug-likeness (QED) is 0.637. The molecule has 0 saturated heterocycles. The molecule has 0 aliphatic heterocycles. The van der Waals surface area contributed by atoms with Gasteiger partial charge in [0.2, 0.25) is 11.2 Å². The van der Waals surface area contributed by atoms with Gasteiger partial charge < -0.3 is 4.74 Å². The van der Waals surface area contributed by atoms with Gasteiger partial charge in [0.15, 0.2) is 11.6 Å². The minimum Gasteiger partial charge on any atom is -0.438 e. The standard InChI is InChI=1S/C14H9ClF2N2OS/c1-2-8-6-9-12(18-14(15)19-13(9)21-8)20-7-3-4-10(16)11(17)5-7/h3-6H,2H2,1H3. The summed E-state index contributed by atoms with van der Waals surface area (Å²) < 4.78 is 31.7. The molecule has 0 fully saturated rings. The maximum Gasteiger partial charge on any atom is 0.232 e. The van der Waals surface area contributed by atoms with Crippen LogP contribution in [-0.4, -0.2) is 9.97 Å². The molecule has 0 N–H and O–H groups in total. The third-order valence-electron chi connectivity index (χ3n) is 2.84. The second-order valence-electron chi connectivity index (χ2n) is 4.26. The predicted octanol–water partition coefficient (Wildman–Crippen LogP) is 4.98. The number of aryl methyl sites for hydroxylation is 1. The zero-order valence-corrected chi connectivity index (χ0v) is 12.4. The summed E-state index contributed by atoms with van der Waals surface area (Å²) in [6, 6.07) is 5.19. The fraction of sp³-hybridized carbons (Fsp3) is 0.143. The van der Waals surface area contributed by atoms with Gasteiger partial charge in [-0.2, -0.15) is 4.98 Å². The van der Waals surface area contributed by atoms with Gasteiger partial charge in [0, 0.05) is 10.9 Å². The number of rotatable bonds is 3. The molecule has 0 spiro atoms. The molecule has 0 aliphatic carbocycles. The molecule has 0 atom stereocenters. The molecule has 0 aliphatic rings. The molecule has 0 unspecified atom stereocenters. The molecule has 0 bridgehead atoms. The highest BCUT2D eigenvalue weighted by molar-refractivity contribution is 7.18. The van der Waals surface area contributed by atoms with Crippen LogP contribution < -0.4 is 4.74 Å². The van der Waals surface area contributed by atoms with Crippen molar-refractivity contribution in [1.82, 2.24) is 9.97 Å². The third kappa shape index (κ3) is 2.82. The van der Waals surface area contributed by atoms with Gasteiger partial charge >= 0.3 is 0 Å². The first-order chi connectivity index (χ1) is 10.1. The van der Waals surface area contributed by atoms with Crippen LogP contribution in [0.15, 0.2) is 24.3 Å². The summed E-state index contributed by atoms with van der Waals surface area (Å²) in [6.07, 6.45) is 0.850. The van der Waals surface area contributed by atoms with Gasteiger partial charge in [-0.3, -0.25) is 0 Å². The van der Waals surface area contributed by atoms with Crippen LogP contribution in [0.1, 0.15) is 11.8 Å². The largest absolute Gasteiger partial charge is 0.438 e. The number of ether oxygens (including phenoxy) is 1. The maximum atomic E-state index is 13.2. The molecular weight excluding hydrogens is 318 g/mol. The molecule has 21 heavy (non-hydrogen) atoms. The highest BCUT2D eigenvalue weighted by Gasteiger charge is 2.13. The van der Waals surface area contributed by atoms with Crippen molar-refractivity contribution in [2.24, 2.45) is 0 Å². The average molecular weight is 327 g/mol. The summed E-state index contributed by atoms with van der Waals surface area (Å²) in [5.41, 5.74) is 0. The summed E-state index contributed by atoms with van der Waals surface area (Å²) in [5.74, 6) is -1.54. The Morgan fingerprint density at radius 1 is 1.19 bits per heavy atom. The molecular formula is C14H9ClF2N2OS. The fourth-order valence-electron chi connectivity index (χ4n) is 1.82. The van der Waals surface area contributed by atoms with Crippen molar-refractivity contribution in [3.05, 3.63) is 46.1 Å². The topological polar surface area (TPSA) is 35.0 Å². The monoisotopic (exact) mass is 326 g/mol. The summed E-state index contributed by atoms with van der Waals surface area (Å²) in [6.45, 7) is 2.02. The van der Waals surface area contributed by atoms with E-state index < -0.39 is 11.6 Å². The van der Waals surface area contributed by atoms with Crippen LogP contribution >= 0.6 is 22.9 Å². The van der Waals surface area contributed by atoms with Gasteiger partial charge in [-0.1, -0.05) is 6.92 Å². The van der Waals surface area contributed by atoms with Gasteiger partial charge in [0.1, 0.15) is 10.6 Å². The van der Waals surface area contributed by atoms with E-state index >= 15 is 0 Å². The lowest BCUT2D eigenvalue weighted by Gasteiger charge is -2.06. The SMILES string of the molecule is CCc1cc2c(Oc3ccc(F)c(F)c3)nc(Cl)nc2s1. The number of benzene rings is 1. The smallest absolute Gasteiger partial charge is 0.232 e. The molecule has 108 valence electrons. The highest BCUT2D eigenvalue weighted by Crippen LogP contribution is 2.34. The average Bonchev–Trinajstić information content (AvgIpc) is 2.86. The maximum absolute atomic E-state index is 13.2.